The second-order valence-corrected chi connectivity index (χ2v) is 8.12. The van der Waals surface area contributed by atoms with Gasteiger partial charge in [-0.2, -0.15) is 0 Å². The number of amides is 1. The summed E-state index contributed by atoms with van der Waals surface area (Å²) in [5.41, 5.74) is 9.67. The SMILES string of the molecule is CCCOCCc1cc(OC(=O)CO)c2c3c(C(N)=O)cccc3n(Cc3ccccc3)c2c1. The van der Waals surface area contributed by atoms with Gasteiger partial charge in [0, 0.05) is 24.1 Å². The molecule has 0 aliphatic carbocycles. The number of benzene rings is 3. The minimum atomic E-state index is -0.777. The Kier molecular flexibility index (Phi) is 7.25. The molecule has 34 heavy (non-hydrogen) atoms. The van der Waals surface area contributed by atoms with Crippen molar-refractivity contribution in [3.63, 3.8) is 0 Å². The molecule has 3 aromatic carbocycles. The van der Waals surface area contributed by atoms with Crippen LogP contribution in [0.25, 0.3) is 21.8 Å². The van der Waals surface area contributed by atoms with Crippen LogP contribution in [0, 0.1) is 0 Å². The lowest BCUT2D eigenvalue weighted by molar-refractivity contribution is -0.137. The molecule has 7 nitrogen and oxygen atoms in total. The summed E-state index contributed by atoms with van der Waals surface area (Å²) in [6.45, 7) is 3.04. The third-order valence-corrected chi connectivity index (χ3v) is 5.70. The Bertz CT molecular complexity index is 1330. The van der Waals surface area contributed by atoms with E-state index in [4.69, 9.17) is 15.2 Å². The molecular weight excluding hydrogens is 432 g/mol. The van der Waals surface area contributed by atoms with Gasteiger partial charge in [0.1, 0.15) is 12.4 Å². The van der Waals surface area contributed by atoms with Crippen molar-refractivity contribution < 1.29 is 24.2 Å². The first-order valence-corrected chi connectivity index (χ1v) is 11.3. The van der Waals surface area contributed by atoms with Gasteiger partial charge in [-0.3, -0.25) is 4.79 Å². The lowest BCUT2D eigenvalue weighted by Gasteiger charge is -2.12. The second-order valence-electron chi connectivity index (χ2n) is 8.12. The highest BCUT2D eigenvalue weighted by atomic mass is 16.5. The third kappa shape index (κ3) is 4.81. The molecular formula is C27H28N2O5. The summed E-state index contributed by atoms with van der Waals surface area (Å²) in [7, 11) is 0. The van der Waals surface area contributed by atoms with Gasteiger partial charge in [0.2, 0.25) is 5.91 Å². The Labute approximate surface area is 197 Å². The maximum atomic E-state index is 12.3. The fourth-order valence-corrected chi connectivity index (χ4v) is 4.24. The lowest BCUT2D eigenvalue weighted by Crippen LogP contribution is -2.13. The molecule has 1 amide bonds. The molecule has 4 aromatic rings. The Morgan fingerprint density at radius 3 is 2.44 bits per heavy atom. The first-order chi connectivity index (χ1) is 16.5. The maximum Gasteiger partial charge on any atom is 0.337 e. The number of fused-ring (bicyclic) bond motifs is 3. The summed E-state index contributed by atoms with van der Waals surface area (Å²) in [4.78, 5) is 24.4. The van der Waals surface area contributed by atoms with Crippen LogP contribution >= 0.6 is 0 Å². The Morgan fingerprint density at radius 1 is 0.941 bits per heavy atom. The molecule has 0 atom stereocenters. The standard InChI is InChI=1S/C27H28N2O5/c1-2-12-33-13-11-19-14-22-26(23(15-19)34-24(31)17-30)25-20(27(28)32)9-6-10-21(25)29(22)16-18-7-4-3-5-8-18/h3-10,14-15,30H,2,11-13,16-17H2,1H3,(H2,28,32). The van der Waals surface area contributed by atoms with Crippen LogP contribution in [-0.4, -0.2) is 41.4 Å². The van der Waals surface area contributed by atoms with Gasteiger partial charge in [-0.05, 0) is 48.2 Å². The Morgan fingerprint density at radius 2 is 1.74 bits per heavy atom. The Hall–Kier alpha value is -3.68. The number of nitrogens with zero attached hydrogens (tertiary/aromatic N) is 1. The Balaban J connectivity index is 1.98. The maximum absolute atomic E-state index is 12.3. The first kappa shape index (κ1) is 23.5. The zero-order valence-electron chi connectivity index (χ0n) is 19.1. The van der Waals surface area contributed by atoms with E-state index in [1.807, 2.05) is 42.5 Å². The number of esters is 1. The van der Waals surface area contributed by atoms with Crippen LogP contribution in [0.15, 0.2) is 60.7 Å². The van der Waals surface area contributed by atoms with Crippen LogP contribution in [0.3, 0.4) is 0 Å². The number of hydrogen-bond donors (Lipinski definition) is 2. The van der Waals surface area contributed by atoms with Crippen molar-refractivity contribution in [2.75, 3.05) is 19.8 Å². The zero-order valence-corrected chi connectivity index (χ0v) is 19.1. The average Bonchev–Trinajstić information content (AvgIpc) is 3.16. The van der Waals surface area contributed by atoms with Gasteiger partial charge < -0.3 is 24.9 Å². The minimum absolute atomic E-state index is 0.285. The zero-order chi connectivity index (χ0) is 24.1. The number of aliphatic hydroxyl groups excluding tert-OH is 1. The van der Waals surface area contributed by atoms with Gasteiger partial charge in [0.05, 0.1) is 23.0 Å². The van der Waals surface area contributed by atoms with Gasteiger partial charge in [0.15, 0.2) is 0 Å². The van der Waals surface area contributed by atoms with E-state index in [0.29, 0.717) is 42.5 Å². The van der Waals surface area contributed by atoms with Gasteiger partial charge >= 0.3 is 5.97 Å². The molecule has 0 bridgehead atoms. The van der Waals surface area contributed by atoms with Gasteiger partial charge in [-0.15, -0.1) is 0 Å². The fraction of sp³-hybridized carbons (Fsp3) is 0.259. The molecule has 0 fully saturated rings. The summed E-state index contributed by atoms with van der Waals surface area (Å²) >= 11 is 0. The van der Waals surface area contributed by atoms with Crippen LogP contribution in [-0.2, 0) is 22.5 Å². The molecule has 4 rings (SSSR count). The summed E-state index contributed by atoms with van der Waals surface area (Å²) in [6.07, 6.45) is 1.55. The van der Waals surface area contributed by atoms with Gasteiger partial charge in [-0.1, -0.05) is 43.3 Å². The van der Waals surface area contributed by atoms with Crippen LogP contribution in [0.4, 0.5) is 0 Å². The molecule has 176 valence electrons. The largest absolute Gasteiger partial charge is 0.424 e. The van der Waals surface area contributed by atoms with E-state index < -0.39 is 18.5 Å². The number of primary amides is 1. The summed E-state index contributed by atoms with van der Waals surface area (Å²) < 4.78 is 13.3. The van der Waals surface area contributed by atoms with Crippen molar-refractivity contribution >= 4 is 33.7 Å². The molecule has 7 heteroatoms. The van der Waals surface area contributed by atoms with E-state index in [1.54, 1.807) is 18.2 Å². The van der Waals surface area contributed by atoms with Crippen molar-refractivity contribution in [3.05, 3.63) is 77.4 Å². The van der Waals surface area contributed by atoms with Gasteiger partial charge in [-0.25, -0.2) is 4.79 Å². The molecule has 1 heterocycles. The molecule has 0 saturated carbocycles. The number of nitrogens with two attached hydrogens (primary N) is 1. The molecule has 0 radical (unpaired) electrons. The molecule has 3 N–H and O–H groups in total. The highest BCUT2D eigenvalue weighted by Gasteiger charge is 2.22. The first-order valence-electron chi connectivity index (χ1n) is 11.3. The highest BCUT2D eigenvalue weighted by molar-refractivity contribution is 6.20. The van der Waals surface area contributed by atoms with Crippen molar-refractivity contribution in [3.8, 4) is 5.75 Å². The monoisotopic (exact) mass is 460 g/mol. The normalized spacial score (nSPS) is 11.2. The number of carbonyl (C=O) groups is 2. The van der Waals surface area contributed by atoms with Crippen molar-refractivity contribution in [1.82, 2.24) is 4.57 Å². The smallest absolute Gasteiger partial charge is 0.337 e. The average molecular weight is 461 g/mol. The quantitative estimate of drug-likeness (QED) is 0.213. The van der Waals surface area contributed by atoms with Crippen LogP contribution < -0.4 is 10.5 Å². The van der Waals surface area contributed by atoms with E-state index in [2.05, 4.69) is 11.5 Å². The molecule has 0 saturated heterocycles. The predicted octanol–water partition coefficient (Wildman–Crippen LogP) is 3.81. The van der Waals surface area contributed by atoms with E-state index in [1.165, 1.54) is 0 Å². The van der Waals surface area contributed by atoms with Crippen LogP contribution in [0.1, 0.15) is 34.8 Å². The number of carbonyl (C=O) groups excluding carboxylic acids is 2. The number of ether oxygens (including phenoxy) is 2. The molecule has 0 aliphatic heterocycles. The number of rotatable bonds is 10. The summed E-state index contributed by atoms with van der Waals surface area (Å²) in [5.74, 6) is -1.06. The highest BCUT2D eigenvalue weighted by Crippen LogP contribution is 2.39. The third-order valence-electron chi connectivity index (χ3n) is 5.70. The second kappa shape index (κ2) is 10.5. The summed E-state index contributed by atoms with van der Waals surface area (Å²) in [5, 5.41) is 10.6. The fourth-order valence-electron chi connectivity index (χ4n) is 4.24. The number of aliphatic hydroxyl groups is 1. The number of hydrogen-bond acceptors (Lipinski definition) is 5. The molecule has 0 spiro atoms. The van der Waals surface area contributed by atoms with Crippen molar-refractivity contribution in [2.45, 2.75) is 26.3 Å². The van der Waals surface area contributed by atoms with E-state index in [9.17, 15) is 14.7 Å². The van der Waals surface area contributed by atoms with E-state index >= 15 is 0 Å². The minimum Gasteiger partial charge on any atom is -0.424 e. The van der Waals surface area contributed by atoms with Gasteiger partial charge in [0.25, 0.3) is 0 Å². The molecule has 0 unspecified atom stereocenters. The van der Waals surface area contributed by atoms with E-state index in [0.717, 1.165) is 28.6 Å². The summed E-state index contributed by atoms with van der Waals surface area (Å²) in [6, 6.07) is 19.2. The number of aromatic nitrogens is 1. The van der Waals surface area contributed by atoms with Crippen molar-refractivity contribution in [2.24, 2.45) is 5.73 Å². The molecule has 0 aliphatic rings. The lowest BCUT2D eigenvalue weighted by atomic mass is 10.0. The van der Waals surface area contributed by atoms with Crippen molar-refractivity contribution in [1.29, 1.82) is 0 Å². The van der Waals surface area contributed by atoms with E-state index in [-0.39, 0.29) is 5.75 Å². The predicted molar refractivity (Wildman–Crippen MR) is 131 cm³/mol. The molecule has 1 aromatic heterocycles. The van der Waals surface area contributed by atoms with Crippen LogP contribution in [0.5, 0.6) is 5.75 Å². The van der Waals surface area contributed by atoms with Crippen LogP contribution in [0.2, 0.25) is 0 Å². The topological polar surface area (TPSA) is 104 Å².